The third-order valence-corrected chi connectivity index (χ3v) is 5.55. The number of alkyl halides is 1. The van der Waals surface area contributed by atoms with E-state index in [4.69, 9.17) is 21.1 Å². The highest BCUT2D eigenvalue weighted by molar-refractivity contribution is 6.23. The minimum absolute atomic E-state index is 0.0266. The summed E-state index contributed by atoms with van der Waals surface area (Å²) < 4.78 is 11.8. The Balaban J connectivity index is 1.39. The molecule has 3 rings (SSSR count). The Labute approximate surface area is 167 Å². The van der Waals surface area contributed by atoms with E-state index in [9.17, 15) is 5.26 Å². The summed E-state index contributed by atoms with van der Waals surface area (Å²) in [6.07, 6.45) is 10.6. The van der Waals surface area contributed by atoms with Crippen LogP contribution in [-0.4, -0.2) is 54.8 Å². The number of hydrogen-bond acceptors (Lipinski definition) is 4. The summed E-state index contributed by atoms with van der Waals surface area (Å²) in [6.45, 7) is 3.92. The van der Waals surface area contributed by atoms with Crippen LogP contribution in [0.2, 0.25) is 0 Å². The van der Waals surface area contributed by atoms with Crippen molar-refractivity contribution in [3.8, 4) is 6.07 Å². The number of nitriles is 1. The molecule has 2 aliphatic rings. The van der Waals surface area contributed by atoms with E-state index in [0.717, 1.165) is 26.1 Å². The zero-order valence-corrected chi connectivity index (χ0v) is 16.4. The van der Waals surface area contributed by atoms with Gasteiger partial charge in [-0.15, -0.1) is 11.6 Å². The first kappa shape index (κ1) is 20.1. The average Bonchev–Trinajstić information content (AvgIpc) is 2.72. The molecular weight excluding hydrogens is 360 g/mol. The summed E-state index contributed by atoms with van der Waals surface area (Å²) >= 11 is 6.28. The summed E-state index contributed by atoms with van der Waals surface area (Å²) in [4.78, 5) is 2.43. The summed E-state index contributed by atoms with van der Waals surface area (Å²) in [6, 6.07) is 12.8. The van der Waals surface area contributed by atoms with Gasteiger partial charge in [-0.3, -0.25) is 4.90 Å². The molecule has 1 saturated heterocycles. The molecule has 1 aromatic rings. The van der Waals surface area contributed by atoms with Gasteiger partial charge in [0.25, 0.3) is 0 Å². The van der Waals surface area contributed by atoms with Crippen LogP contribution in [0, 0.1) is 11.3 Å². The van der Waals surface area contributed by atoms with Gasteiger partial charge in [0.05, 0.1) is 24.7 Å². The summed E-state index contributed by atoms with van der Waals surface area (Å²) in [5.74, 6) is 0. The van der Waals surface area contributed by atoms with Crippen molar-refractivity contribution in [2.24, 2.45) is 0 Å². The Morgan fingerprint density at radius 1 is 1.26 bits per heavy atom. The summed E-state index contributed by atoms with van der Waals surface area (Å²) in [5.41, 5.74) is 0.301. The van der Waals surface area contributed by atoms with E-state index in [0.29, 0.717) is 13.2 Å². The normalized spacial score (nSPS) is 28.1. The van der Waals surface area contributed by atoms with Crippen LogP contribution in [0.5, 0.6) is 0 Å². The van der Waals surface area contributed by atoms with Crippen molar-refractivity contribution in [3.05, 3.63) is 60.2 Å². The molecule has 0 bridgehead atoms. The monoisotopic (exact) mass is 386 g/mol. The van der Waals surface area contributed by atoms with Gasteiger partial charge >= 0.3 is 0 Å². The molecule has 0 amide bonds. The molecule has 1 heterocycles. The van der Waals surface area contributed by atoms with Crippen LogP contribution in [0.3, 0.4) is 0 Å². The van der Waals surface area contributed by atoms with Gasteiger partial charge < -0.3 is 9.47 Å². The Morgan fingerprint density at radius 2 is 2.11 bits per heavy atom. The van der Waals surface area contributed by atoms with Crippen molar-refractivity contribution in [2.75, 3.05) is 32.8 Å². The zero-order valence-electron chi connectivity index (χ0n) is 15.6. The number of nitrogens with zero attached hydrogens (tertiary/aromatic N) is 2. The first-order valence-electron chi connectivity index (χ1n) is 9.65. The molecule has 144 valence electrons. The van der Waals surface area contributed by atoms with Gasteiger partial charge in [-0.1, -0.05) is 48.6 Å². The Hall–Kier alpha value is -1.64. The van der Waals surface area contributed by atoms with E-state index in [1.54, 1.807) is 12.2 Å². The van der Waals surface area contributed by atoms with Crippen molar-refractivity contribution in [1.82, 2.24) is 4.90 Å². The van der Waals surface area contributed by atoms with Gasteiger partial charge in [-0.05, 0) is 37.4 Å². The predicted molar refractivity (Wildman–Crippen MR) is 108 cm³/mol. The molecule has 27 heavy (non-hydrogen) atoms. The highest BCUT2D eigenvalue weighted by atomic mass is 35.5. The molecular formula is C22H27ClN2O2. The number of unbranched alkanes of at least 4 members (excludes halogenated alkanes) is 1. The summed E-state index contributed by atoms with van der Waals surface area (Å²) in [7, 11) is 0. The maximum absolute atomic E-state index is 9.53. The minimum atomic E-state index is -1.10. The summed E-state index contributed by atoms with van der Waals surface area (Å²) in [5, 5.41) is 9.05. The number of rotatable bonds is 8. The second kappa shape index (κ2) is 10.1. The van der Waals surface area contributed by atoms with Crippen molar-refractivity contribution in [2.45, 2.75) is 36.3 Å². The van der Waals surface area contributed by atoms with E-state index in [2.05, 4.69) is 41.3 Å². The molecule has 0 N–H and O–H groups in total. The fourth-order valence-electron chi connectivity index (χ4n) is 3.48. The van der Waals surface area contributed by atoms with Gasteiger partial charge in [0.1, 0.15) is 6.07 Å². The third kappa shape index (κ3) is 5.67. The van der Waals surface area contributed by atoms with Crippen molar-refractivity contribution < 1.29 is 9.47 Å². The lowest BCUT2D eigenvalue weighted by Crippen LogP contribution is -2.47. The number of benzene rings is 1. The van der Waals surface area contributed by atoms with Crippen LogP contribution in [0.25, 0.3) is 0 Å². The molecule has 1 aromatic carbocycles. The molecule has 0 radical (unpaired) electrons. The molecule has 1 fully saturated rings. The molecule has 0 saturated carbocycles. The topological polar surface area (TPSA) is 45.5 Å². The van der Waals surface area contributed by atoms with Crippen molar-refractivity contribution in [3.63, 3.8) is 0 Å². The second-order valence-corrected chi connectivity index (χ2v) is 7.57. The Kier molecular flexibility index (Phi) is 7.49. The molecule has 5 heteroatoms. The number of hydrogen-bond donors (Lipinski definition) is 0. The Morgan fingerprint density at radius 3 is 2.89 bits per heavy atom. The van der Waals surface area contributed by atoms with Gasteiger partial charge in [-0.2, -0.15) is 5.26 Å². The maximum atomic E-state index is 9.53. The van der Waals surface area contributed by atoms with Crippen molar-refractivity contribution in [1.29, 1.82) is 5.26 Å². The highest BCUT2D eigenvalue weighted by Crippen LogP contribution is 2.27. The second-order valence-electron chi connectivity index (χ2n) is 7.10. The predicted octanol–water partition coefficient (Wildman–Crippen LogP) is 3.72. The van der Waals surface area contributed by atoms with Gasteiger partial charge in [-0.25, -0.2) is 0 Å². The fraction of sp³-hybridized carbons (Fsp3) is 0.500. The van der Waals surface area contributed by atoms with Gasteiger partial charge in [0.15, 0.2) is 5.60 Å². The largest absolute Gasteiger partial charge is 0.373 e. The van der Waals surface area contributed by atoms with Gasteiger partial charge in [0.2, 0.25) is 0 Å². The van der Waals surface area contributed by atoms with E-state index >= 15 is 0 Å². The lowest BCUT2D eigenvalue weighted by Gasteiger charge is -2.35. The number of ether oxygens (including phenoxy) is 2. The number of halogens is 1. The van der Waals surface area contributed by atoms with E-state index in [1.165, 1.54) is 18.4 Å². The lowest BCUT2D eigenvalue weighted by molar-refractivity contribution is -0.0901. The average molecular weight is 387 g/mol. The highest BCUT2D eigenvalue weighted by Gasteiger charge is 2.38. The number of allylic oxidation sites excluding steroid dienone is 2. The van der Waals surface area contributed by atoms with Crippen LogP contribution in [0.15, 0.2) is 54.6 Å². The standard InChI is InChI=1S/C22H27ClN2O2/c23-21-11-4-6-12-22(21,18-24)27-17-20-16-25(14-15-26-20)13-7-5-10-19-8-2-1-3-9-19/h1-4,6,8-9,11-12,20-21H,5,7,10,13-17H2/t20-,21?,22+/m1/s1. The molecule has 0 aromatic heterocycles. The van der Waals surface area contributed by atoms with Gasteiger partial charge in [0, 0.05) is 13.1 Å². The van der Waals surface area contributed by atoms with Crippen LogP contribution in [0.1, 0.15) is 18.4 Å². The van der Waals surface area contributed by atoms with Crippen LogP contribution in [0.4, 0.5) is 0 Å². The minimum Gasteiger partial charge on any atom is -0.373 e. The molecule has 1 aliphatic heterocycles. The van der Waals surface area contributed by atoms with Crippen LogP contribution < -0.4 is 0 Å². The Bertz CT molecular complexity index is 685. The van der Waals surface area contributed by atoms with E-state index in [1.807, 2.05) is 12.2 Å². The van der Waals surface area contributed by atoms with E-state index < -0.39 is 11.0 Å². The first-order chi connectivity index (χ1) is 13.2. The van der Waals surface area contributed by atoms with E-state index in [-0.39, 0.29) is 6.10 Å². The third-order valence-electron chi connectivity index (χ3n) is 5.08. The molecule has 4 nitrogen and oxygen atoms in total. The van der Waals surface area contributed by atoms with Crippen LogP contribution in [-0.2, 0) is 15.9 Å². The lowest BCUT2D eigenvalue weighted by atomic mass is 9.96. The smallest absolute Gasteiger partial charge is 0.192 e. The maximum Gasteiger partial charge on any atom is 0.192 e. The van der Waals surface area contributed by atoms with Crippen LogP contribution >= 0.6 is 11.6 Å². The molecule has 1 aliphatic carbocycles. The molecule has 3 atom stereocenters. The first-order valence-corrected chi connectivity index (χ1v) is 10.1. The SMILES string of the molecule is N#C[C@@]1(OC[C@H]2CN(CCCCc3ccccc3)CCO2)C=CC=CC1Cl. The quantitative estimate of drug-likeness (QED) is 0.504. The molecule has 0 spiro atoms. The fourth-order valence-corrected chi connectivity index (χ4v) is 3.75. The van der Waals surface area contributed by atoms with Crippen molar-refractivity contribution >= 4 is 11.6 Å². The number of aryl methyl sites for hydroxylation is 1. The zero-order chi connectivity index (χ0) is 19.0. The molecule has 1 unspecified atom stereocenters. The number of morpholine rings is 1.